The molecule has 0 radical (unpaired) electrons. The summed E-state index contributed by atoms with van der Waals surface area (Å²) in [6.07, 6.45) is 1.88. The van der Waals surface area contributed by atoms with Crippen molar-refractivity contribution < 1.29 is 14.7 Å². The standard InChI is InChI=1S/C10H10N2O3/c13-9(14)5-6-4-8-7(12-10(6)15)2-1-3-11-8/h1-3,6H,4-5H2,(H,12,15)(H,13,14). The second-order valence-corrected chi connectivity index (χ2v) is 3.49. The molecule has 0 aromatic carbocycles. The van der Waals surface area contributed by atoms with E-state index in [0.717, 1.165) is 5.69 Å². The number of nitrogens with zero attached hydrogens (tertiary/aromatic N) is 1. The quantitative estimate of drug-likeness (QED) is 0.745. The Balaban J connectivity index is 2.22. The summed E-state index contributed by atoms with van der Waals surface area (Å²) in [7, 11) is 0. The van der Waals surface area contributed by atoms with Gasteiger partial charge in [0.1, 0.15) is 0 Å². The van der Waals surface area contributed by atoms with Crippen LogP contribution in [0.25, 0.3) is 0 Å². The zero-order valence-electron chi connectivity index (χ0n) is 7.93. The minimum Gasteiger partial charge on any atom is -0.481 e. The van der Waals surface area contributed by atoms with Gasteiger partial charge >= 0.3 is 5.97 Å². The SMILES string of the molecule is O=C(O)CC1Cc2ncccc2NC1=O. The highest BCUT2D eigenvalue weighted by molar-refractivity contribution is 5.96. The molecule has 5 heteroatoms. The fourth-order valence-corrected chi connectivity index (χ4v) is 1.65. The predicted molar refractivity (Wildman–Crippen MR) is 52.3 cm³/mol. The van der Waals surface area contributed by atoms with Crippen LogP contribution in [-0.2, 0) is 16.0 Å². The number of hydrogen-bond donors (Lipinski definition) is 2. The van der Waals surface area contributed by atoms with Gasteiger partial charge < -0.3 is 10.4 Å². The lowest BCUT2D eigenvalue weighted by Crippen LogP contribution is -2.32. The van der Waals surface area contributed by atoms with E-state index in [1.807, 2.05) is 0 Å². The van der Waals surface area contributed by atoms with Gasteiger partial charge in [-0.3, -0.25) is 14.6 Å². The number of aliphatic carboxylic acids is 1. The molecule has 78 valence electrons. The van der Waals surface area contributed by atoms with Gasteiger partial charge in [0.05, 0.1) is 23.7 Å². The molecule has 0 aliphatic carbocycles. The van der Waals surface area contributed by atoms with Crippen LogP contribution in [0.5, 0.6) is 0 Å². The second kappa shape index (κ2) is 3.68. The number of carboxylic acid groups (broad SMARTS) is 1. The summed E-state index contributed by atoms with van der Waals surface area (Å²) in [5.41, 5.74) is 1.44. The number of carboxylic acids is 1. The first-order chi connectivity index (χ1) is 7.16. The number of pyridine rings is 1. The average molecular weight is 206 g/mol. The number of fused-ring (bicyclic) bond motifs is 1. The first-order valence-corrected chi connectivity index (χ1v) is 4.63. The van der Waals surface area contributed by atoms with E-state index in [-0.39, 0.29) is 12.3 Å². The number of carbonyl (C=O) groups excluding carboxylic acids is 1. The largest absolute Gasteiger partial charge is 0.481 e. The third-order valence-electron chi connectivity index (χ3n) is 2.38. The Morgan fingerprint density at radius 2 is 2.47 bits per heavy atom. The normalized spacial score (nSPS) is 19.2. The molecule has 1 aliphatic rings. The van der Waals surface area contributed by atoms with Crippen LogP contribution in [0.2, 0.25) is 0 Å². The van der Waals surface area contributed by atoms with Crippen molar-refractivity contribution in [3.63, 3.8) is 0 Å². The van der Waals surface area contributed by atoms with Crippen LogP contribution in [-0.4, -0.2) is 22.0 Å². The maximum Gasteiger partial charge on any atom is 0.304 e. The molecule has 5 nitrogen and oxygen atoms in total. The molecule has 1 atom stereocenters. The van der Waals surface area contributed by atoms with Gasteiger partial charge in [0.25, 0.3) is 0 Å². The van der Waals surface area contributed by atoms with Crippen LogP contribution in [0, 0.1) is 5.92 Å². The number of amides is 1. The van der Waals surface area contributed by atoms with Crippen molar-refractivity contribution in [2.75, 3.05) is 5.32 Å². The number of aromatic nitrogens is 1. The van der Waals surface area contributed by atoms with E-state index in [0.29, 0.717) is 12.1 Å². The lowest BCUT2D eigenvalue weighted by atomic mass is 9.94. The molecule has 1 aromatic heterocycles. The lowest BCUT2D eigenvalue weighted by Gasteiger charge is -2.22. The Morgan fingerprint density at radius 3 is 3.20 bits per heavy atom. The third kappa shape index (κ3) is 1.96. The van der Waals surface area contributed by atoms with E-state index in [9.17, 15) is 9.59 Å². The van der Waals surface area contributed by atoms with Gasteiger partial charge in [-0.1, -0.05) is 0 Å². The highest BCUT2D eigenvalue weighted by Crippen LogP contribution is 2.24. The Morgan fingerprint density at radius 1 is 1.67 bits per heavy atom. The number of carbonyl (C=O) groups is 2. The van der Waals surface area contributed by atoms with Crippen LogP contribution in [0.15, 0.2) is 18.3 Å². The van der Waals surface area contributed by atoms with E-state index in [2.05, 4.69) is 10.3 Å². The first kappa shape index (κ1) is 9.64. The average Bonchev–Trinajstić information content (AvgIpc) is 2.18. The smallest absolute Gasteiger partial charge is 0.304 e. The molecule has 0 spiro atoms. The van der Waals surface area contributed by atoms with Gasteiger partial charge in [-0.25, -0.2) is 0 Å². The first-order valence-electron chi connectivity index (χ1n) is 4.63. The highest BCUT2D eigenvalue weighted by atomic mass is 16.4. The molecular formula is C10H10N2O3. The Bertz CT molecular complexity index is 417. The topological polar surface area (TPSA) is 79.3 Å². The summed E-state index contributed by atoms with van der Waals surface area (Å²) in [5.74, 6) is -1.71. The Kier molecular flexibility index (Phi) is 2.37. The molecule has 1 aromatic rings. The van der Waals surface area contributed by atoms with Gasteiger partial charge in [0.15, 0.2) is 0 Å². The van der Waals surface area contributed by atoms with Gasteiger partial charge in [0.2, 0.25) is 5.91 Å². The molecule has 1 aliphatic heterocycles. The monoisotopic (exact) mass is 206 g/mol. The fraction of sp³-hybridized carbons (Fsp3) is 0.300. The molecule has 1 unspecified atom stereocenters. The summed E-state index contributed by atoms with van der Waals surface area (Å²) in [4.78, 5) is 26.1. The number of hydrogen-bond acceptors (Lipinski definition) is 3. The van der Waals surface area contributed by atoms with E-state index in [1.54, 1.807) is 18.3 Å². The third-order valence-corrected chi connectivity index (χ3v) is 2.38. The van der Waals surface area contributed by atoms with Crippen molar-refractivity contribution in [1.29, 1.82) is 0 Å². The zero-order chi connectivity index (χ0) is 10.8. The number of rotatable bonds is 2. The molecule has 15 heavy (non-hydrogen) atoms. The molecule has 2 N–H and O–H groups in total. The van der Waals surface area contributed by atoms with E-state index in [4.69, 9.17) is 5.11 Å². The summed E-state index contributed by atoms with van der Waals surface area (Å²) in [6, 6.07) is 3.49. The van der Waals surface area contributed by atoms with Crippen LogP contribution in [0.1, 0.15) is 12.1 Å². The van der Waals surface area contributed by atoms with Crippen molar-refractivity contribution >= 4 is 17.6 Å². The fourth-order valence-electron chi connectivity index (χ4n) is 1.65. The molecule has 1 amide bonds. The second-order valence-electron chi connectivity index (χ2n) is 3.49. The van der Waals surface area contributed by atoms with Crippen LogP contribution in [0.3, 0.4) is 0 Å². The van der Waals surface area contributed by atoms with Crippen LogP contribution < -0.4 is 5.32 Å². The Labute approximate surface area is 86.1 Å². The number of anilines is 1. The summed E-state index contributed by atoms with van der Waals surface area (Å²) >= 11 is 0. The maximum absolute atomic E-state index is 11.5. The molecular weight excluding hydrogens is 196 g/mol. The Hall–Kier alpha value is -1.91. The van der Waals surface area contributed by atoms with Gasteiger partial charge in [-0.05, 0) is 12.1 Å². The van der Waals surface area contributed by atoms with Crippen molar-refractivity contribution in [3.8, 4) is 0 Å². The van der Waals surface area contributed by atoms with Gasteiger partial charge in [-0.15, -0.1) is 0 Å². The lowest BCUT2D eigenvalue weighted by molar-refractivity contribution is -0.140. The molecule has 0 bridgehead atoms. The number of nitrogens with one attached hydrogen (secondary N) is 1. The summed E-state index contributed by atoms with van der Waals surface area (Å²) < 4.78 is 0. The van der Waals surface area contributed by atoms with Gasteiger partial charge in [-0.2, -0.15) is 0 Å². The summed E-state index contributed by atoms with van der Waals surface area (Å²) in [6.45, 7) is 0. The van der Waals surface area contributed by atoms with E-state index < -0.39 is 11.9 Å². The molecule has 2 rings (SSSR count). The van der Waals surface area contributed by atoms with Crippen molar-refractivity contribution in [2.45, 2.75) is 12.8 Å². The van der Waals surface area contributed by atoms with E-state index >= 15 is 0 Å². The van der Waals surface area contributed by atoms with E-state index in [1.165, 1.54) is 0 Å². The highest BCUT2D eigenvalue weighted by Gasteiger charge is 2.28. The molecule has 0 fully saturated rings. The van der Waals surface area contributed by atoms with Crippen molar-refractivity contribution in [1.82, 2.24) is 4.98 Å². The van der Waals surface area contributed by atoms with Crippen LogP contribution in [0.4, 0.5) is 5.69 Å². The minimum atomic E-state index is -0.963. The molecule has 0 saturated heterocycles. The van der Waals surface area contributed by atoms with Crippen molar-refractivity contribution in [2.24, 2.45) is 5.92 Å². The zero-order valence-corrected chi connectivity index (χ0v) is 7.93. The minimum absolute atomic E-state index is 0.151. The molecule has 0 saturated carbocycles. The van der Waals surface area contributed by atoms with Crippen LogP contribution >= 0.6 is 0 Å². The maximum atomic E-state index is 11.5. The van der Waals surface area contributed by atoms with Gasteiger partial charge in [0, 0.05) is 12.6 Å². The predicted octanol–water partition coefficient (Wildman–Crippen LogP) is 0.667. The molecule has 2 heterocycles. The summed E-state index contributed by atoms with van der Waals surface area (Å²) in [5, 5.41) is 11.3. The van der Waals surface area contributed by atoms with Crippen molar-refractivity contribution in [3.05, 3.63) is 24.0 Å².